The number of rotatable bonds is 7. The molecular weight excluding hydrogens is 312 g/mol. The third kappa shape index (κ3) is 5.18. The van der Waals surface area contributed by atoms with E-state index in [0.29, 0.717) is 23.6 Å². The molecule has 0 aliphatic carbocycles. The topological polar surface area (TPSA) is 58.2 Å². The van der Waals surface area contributed by atoms with Gasteiger partial charge >= 0.3 is 0 Å². The van der Waals surface area contributed by atoms with Gasteiger partial charge in [0.15, 0.2) is 0 Å². The van der Waals surface area contributed by atoms with Crippen LogP contribution >= 0.6 is 0 Å². The van der Waals surface area contributed by atoms with Crippen molar-refractivity contribution in [2.75, 3.05) is 10.6 Å². The van der Waals surface area contributed by atoms with Gasteiger partial charge in [0.1, 0.15) is 0 Å². The van der Waals surface area contributed by atoms with E-state index in [9.17, 15) is 9.59 Å². The predicted octanol–water partition coefficient (Wildman–Crippen LogP) is 5.19. The average molecular weight is 338 g/mol. The maximum Gasteiger partial charge on any atom is 0.255 e. The van der Waals surface area contributed by atoms with Crippen LogP contribution in [0.3, 0.4) is 0 Å². The van der Waals surface area contributed by atoms with Gasteiger partial charge in [0.05, 0.1) is 0 Å². The minimum Gasteiger partial charge on any atom is -0.326 e. The van der Waals surface area contributed by atoms with Gasteiger partial charge in [-0.3, -0.25) is 9.59 Å². The van der Waals surface area contributed by atoms with E-state index in [-0.39, 0.29) is 11.8 Å². The number of para-hydroxylation sites is 1. The largest absolute Gasteiger partial charge is 0.326 e. The lowest BCUT2D eigenvalue weighted by Gasteiger charge is -2.15. The van der Waals surface area contributed by atoms with Crippen LogP contribution in [0.4, 0.5) is 11.4 Å². The Balaban J connectivity index is 2.08. The average Bonchev–Trinajstić information content (AvgIpc) is 2.62. The highest BCUT2D eigenvalue weighted by molar-refractivity contribution is 6.05. The second-order valence-corrected chi connectivity index (χ2v) is 6.23. The van der Waals surface area contributed by atoms with Gasteiger partial charge in [-0.2, -0.15) is 0 Å². The van der Waals surface area contributed by atoms with E-state index < -0.39 is 0 Å². The van der Waals surface area contributed by atoms with Crippen molar-refractivity contribution in [3.8, 4) is 0 Å². The highest BCUT2D eigenvalue weighted by atomic mass is 16.2. The quantitative estimate of drug-likeness (QED) is 0.730. The molecule has 0 aliphatic rings. The van der Waals surface area contributed by atoms with E-state index in [0.717, 1.165) is 24.1 Å². The third-order valence-corrected chi connectivity index (χ3v) is 4.26. The molecular formula is C21H26N2O2. The number of hydrogen-bond acceptors (Lipinski definition) is 2. The third-order valence-electron chi connectivity index (χ3n) is 4.26. The van der Waals surface area contributed by atoms with Crippen molar-refractivity contribution >= 4 is 23.2 Å². The number of hydrogen-bond donors (Lipinski definition) is 2. The fourth-order valence-corrected chi connectivity index (χ4v) is 2.61. The summed E-state index contributed by atoms with van der Waals surface area (Å²) in [6.45, 7) is 6.25. The number of benzene rings is 2. The Labute approximate surface area is 149 Å². The number of amides is 2. The number of carbonyl (C=O) groups is 2. The lowest BCUT2D eigenvalue weighted by molar-refractivity contribution is -0.116. The second kappa shape index (κ2) is 9.02. The summed E-state index contributed by atoms with van der Waals surface area (Å²) in [7, 11) is 0. The van der Waals surface area contributed by atoms with Crippen LogP contribution in [0.2, 0.25) is 0 Å². The van der Waals surface area contributed by atoms with Gasteiger partial charge in [0.25, 0.3) is 5.91 Å². The standard InChI is InChI=1S/C21H26N2O2/c1-4-8-20(24)22-17-13-11-16(12-14-17)21(25)23-19-10-7-6-9-18(19)15(3)5-2/h6-7,9-15H,4-5,8H2,1-3H3,(H,22,24)(H,23,25)/t15-/m1/s1. The SMILES string of the molecule is CCCC(=O)Nc1ccc(C(=O)Nc2ccccc2[C@H](C)CC)cc1. The maximum atomic E-state index is 12.5. The van der Waals surface area contributed by atoms with Crippen molar-refractivity contribution in [2.24, 2.45) is 0 Å². The summed E-state index contributed by atoms with van der Waals surface area (Å²) < 4.78 is 0. The zero-order chi connectivity index (χ0) is 18.2. The molecule has 2 N–H and O–H groups in total. The summed E-state index contributed by atoms with van der Waals surface area (Å²) in [4.78, 5) is 24.1. The molecule has 0 radical (unpaired) electrons. The number of anilines is 2. The van der Waals surface area contributed by atoms with Crippen LogP contribution in [0, 0.1) is 0 Å². The van der Waals surface area contributed by atoms with Gasteiger partial charge in [-0.25, -0.2) is 0 Å². The van der Waals surface area contributed by atoms with Crippen molar-refractivity contribution in [3.63, 3.8) is 0 Å². The molecule has 2 amide bonds. The van der Waals surface area contributed by atoms with Crippen molar-refractivity contribution in [2.45, 2.75) is 46.0 Å². The Morgan fingerprint density at radius 2 is 1.64 bits per heavy atom. The molecule has 2 aromatic carbocycles. The molecule has 4 heteroatoms. The number of nitrogens with one attached hydrogen (secondary N) is 2. The highest BCUT2D eigenvalue weighted by Crippen LogP contribution is 2.27. The van der Waals surface area contributed by atoms with Crippen LogP contribution < -0.4 is 10.6 Å². The molecule has 0 aliphatic heterocycles. The van der Waals surface area contributed by atoms with Crippen LogP contribution in [0.1, 0.15) is 61.9 Å². The first kappa shape index (κ1) is 18.7. The molecule has 0 bridgehead atoms. The van der Waals surface area contributed by atoms with Gasteiger partial charge in [-0.05, 0) is 54.7 Å². The van der Waals surface area contributed by atoms with E-state index in [2.05, 4.69) is 30.5 Å². The van der Waals surface area contributed by atoms with Crippen LogP contribution in [-0.2, 0) is 4.79 Å². The van der Waals surface area contributed by atoms with E-state index >= 15 is 0 Å². The van der Waals surface area contributed by atoms with Gasteiger partial charge in [0.2, 0.25) is 5.91 Å². The minimum atomic E-state index is -0.151. The Kier molecular flexibility index (Phi) is 6.75. The minimum absolute atomic E-state index is 0.0119. The maximum absolute atomic E-state index is 12.5. The highest BCUT2D eigenvalue weighted by Gasteiger charge is 2.12. The first-order valence-corrected chi connectivity index (χ1v) is 8.85. The Hall–Kier alpha value is -2.62. The Morgan fingerprint density at radius 3 is 2.28 bits per heavy atom. The monoisotopic (exact) mass is 338 g/mol. The molecule has 0 fully saturated rings. The lowest BCUT2D eigenvalue weighted by Crippen LogP contribution is -2.14. The second-order valence-electron chi connectivity index (χ2n) is 6.23. The van der Waals surface area contributed by atoms with Gasteiger partial charge in [-0.15, -0.1) is 0 Å². The van der Waals surface area contributed by atoms with Gasteiger partial charge in [0, 0.05) is 23.4 Å². The van der Waals surface area contributed by atoms with Crippen molar-refractivity contribution in [1.82, 2.24) is 0 Å². The summed E-state index contributed by atoms with van der Waals surface area (Å²) in [5, 5.41) is 5.82. The first-order chi connectivity index (χ1) is 12.0. The Bertz CT molecular complexity index is 723. The van der Waals surface area contributed by atoms with Crippen LogP contribution in [0.15, 0.2) is 48.5 Å². The normalized spacial score (nSPS) is 11.6. The molecule has 0 saturated heterocycles. The van der Waals surface area contributed by atoms with Crippen LogP contribution in [-0.4, -0.2) is 11.8 Å². The molecule has 4 nitrogen and oxygen atoms in total. The summed E-state index contributed by atoms with van der Waals surface area (Å²) in [5.41, 5.74) is 3.26. The fourth-order valence-electron chi connectivity index (χ4n) is 2.61. The lowest BCUT2D eigenvalue weighted by atomic mass is 9.97. The Morgan fingerprint density at radius 1 is 0.960 bits per heavy atom. The fraction of sp³-hybridized carbons (Fsp3) is 0.333. The summed E-state index contributed by atoms with van der Waals surface area (Å²) in [6, 6.07) is 14.9. The molecule has 0 unspecified atom stereocenters. The van der Waals surface area contributed by atoms with Gasteiger partial charge in [-0.1, -0.05) is 39.0 Å². The van der Waals surface area contributed by atoms with Crippen molar-refractivity contribution in [1.29, 1.82) is 0 Å². The molecule has 0 saturated carbocycles. The predicted molar refractivity (Wildman–Crippen MR) is 103 cm³/mol. The van der Waals surface area contributed by atoms with E-state index in [4.69, 9.17) is 0 Å². The zero-order valence-electron chi connectivity index (χ0n) is 15.1. The molecule has 2 aromatic rings. The molecule has 0 heterocycles. The van der Waals surface area contributed by atoms with E-state index in [1.54, 1.807) is 24.3 Å². The van der Waals surface area contributed by atoms with Crippen LogP contribution in [0.5, 0.6) is 0 Å². The van der Waals surface area contributed by atoms with Crippen molar-refractivity contribution < 1.29 is 9.59 Å². The summed E-state index contributed by atoms with van der Waals surface area (Å²) >= 11 is 0. The molecule has 132 valence electrons. The molecule has 2 rings (SSSR count). The summed E-state index contributed by atoms with van der Waals surface area (Å²) in [6.07, 6.45) is 2.32. The summed E-state index contributed by atoms with van der Waals surface area (Å²) in [5.74, 6) is 0.219. The van der Waals surface area contributed by atoms with E-state index in [1.807, 2.05) is 25.1 Å². The smallest absolute Gasteiger partial charge is 0.255 e. The molecule has 1 atom stereocenters. The van der Waals surface area contributed by atoms with Crippen molar-refractivity contribution in [3.05, 3.63) is 59.7 Å². The first-order valence-electron chi connectivity index (χ1n) is 8.85. The van der Waals surface area contributed by atoms with E-state index in [1.165, 1.54) is 0 Å². The zero-order valence-corrected chi connectivity index (χ0v) is 15.1. The van der Waals surface area contributed by atoms with Gasteiger partial charge < -0.3 is 10.6 Å². The van der Waals surface area contributed by atoms with Crippen LogP contribution in [0.25, 0.3) is 0 Å². The molecule has 0 aromatic heterocycles. The molecule has 0 spiro atoms. The number of carbonyl (C=O) groups excluding carboxylic acids is 2. The molecule has 25 heavy (non-hydrogen) atoms.